The van der Waals surface area contributed by atoms with Crippen molar-refractivity contribution in [3.8, 4) is 17.2 Å². The molecule has 0 spiro atoms. The molecule has 2 aromatic carbocycles. The molecule has 1 amide bonds. The summed E-state index contributed by atoms with van der Waals surface area (Å²) in [5.41, 5.74) is 2.35. The number of hydrogen-bond donors (Lipinski definition) is 1. The Kier molecular flexibility index (Phi) is 4.56. The van der Waals surface area contributed by atoms with Crippen molar-refractivity contribution >= 4 is 5.91 Å². The highest BCUT2D eigenvalue weighted by atomic mass is 16.5. The summed E-state index contributed by atoms with van der Waals surface area (Å²) in [5, 5.41) is 6.64. The Bertz CT molecular complexity index is 823. The van der Waals surface area contributed by atoms with Crippen LogP contribution >= 0.6 is 0 Å². The fourth-order valence-electron chi connectivity index (χ4n) is 2.21. The third kappa shape index (κ3) is 3.60. The topological polar surface area (TPSA) is 77.2 Å². The summed E-state index contributed by atoms with van der Waals surface area (Å²) in [6.45, 7) is 2.21. The molecule has 3 rings (SSSR count). The molecule has 0 saturated carbocycles. The molecular weight excluding hydrogens is 306 g/mol. The molecule has 0 aliphatic rings. The van der Waals surface area contributed by atoms with E-state index < -0.39 is 0 Å². The van der Waals surface area contributed by atoms with Crippen molar-refractivity contribution in [1.82, 2.24) is 15.5 Å². The van der Waals surface area contributed by atoms with E-state index in [9.17, 15) is 4.79 Å². The number of methoxy groups -OCH3 is 1. The van der Waals surface area contributed by atoms with Crippen LogP contribution in [0.15, 0.2) is 53.1 Å². The zero-order valence-electron chi connectivity index (χ0n) is 13.4. The molecule has 0 radical (unpaired) electrons. The average molecular weight is 323 g/mol. The van der Waals surface area contributed by atoms with Crippen molar-refractivity contribution in [2.24, 2.45) is 0 Å². The van der Waals surface area contributed by atoms with Crippen LogP contribution in [0.5, 0.6) is 5.75 Å². The first kappa shape index (κ1) is 15.7. The zero-order chi connectivity index (χ0) is 16.9. The summed E-state index contributed by atoms with van der Waals surface area (Å²) in [4.78, 5) is 16.4. The summed E-state index contributed by atoms with van der Waals surface area (Å²) in [7, 11) is 1.62. The lowest BCUT2D eigenvalue weighted by Gasteiger charge is -2.07. The number of carbonyl (C=O) groups excluding carboxylic acids is 1. The molecule has 24 heavy (non-hydrogen) atoms. The minimum absolute atomic E-state index is 0.140. The van der Waals surface area contributed by atoms with Gasteiger partial charge in [-0.2, -0.15) is 4.98 Å². The second-order valence-electron chi connectivity index (χ2n) is 5.25. The molecule has 0 bridgehead atoms. The predicted molar refractivity (Wildman–Crippen MR) is 88.6 cm³/mol. The number of nitrogens with zero attached hydrogens (tertiary/aromatic N) is 2. The normalized spacial score (nSPS) is 10.4. The maximum atomic E-state index is 12.2. The highest BCUT2D eigenvalue weighted by Crippen LogP contribution is 2.17. The minimum Gasteiger partial charge on any atom is -0.497 e. The quantitative estimate of drug-likeness (QED) is 0.781. The Hall–Kier alpha value is -3.15. The maximum absolute atomic E-state index is 12.2. The van der Waals surface area contributed by atoms with Crippen LogP contribution in [0.3, 0.4) is 0 Å². The first-order valence-electron chi connectivity index (χ1n) is 7.47. The van der Waals surface area contributed by atoms with Gasteiger partial charge in [0.25, 0.3) is 11.8 Å². The molecule has 1 aromatic heterocycles. The number of hydrogen-bond acceptors (Lipinski definition) is 5. The summed E-state index contributed by atoms with van der Waals surface area (Å²) in [6.07, 6.45) is 0. The number of aryl methyl sites for hydroxylation is 1. The highest BCUT2D eigenvalue weighted by Gasteiger charge is 2.09. The number of amides is 1. The molecule has 0 unspecified atom stereocenters. The van der Waals surface area contributed by atoms with Gasteiger partial charge in [0, 0.05) is 17.7 Å². The largest absolute Gasteiger partial charge is 0.497 e. The van der Waals surface area contributed by atoms with E-state index in [4.69, 9.17) is 9.26 Å². The van der Waals surface area contributed by atoms with Gasteiger partial charge in [0.05, 0.1) is 7.11 Å². The van der Waals surface area contributed by atoms with Gasteiger partial charge in [-0.3, -0.25) is 4.79 Å². The second-order valence-corrected chi connectivity index (χ2v) is 5.25. The average Bonchev–Trinajstić information content (AvgIpc) is 3.06. The molecule has 122 valence electrons. The molecule has 3 aromatic rings. The van der Waals surface area contributed by atoms with E-state index in [2.05, 4.69) is 15.5 Å². The Morgan fingerprint density at radius 3 is 2.42 bits per heavy atom. The van der Waals surface area contributed by atoms with Gasteiger partial charge in [0.2, 0.25) is 0 Å². The molecule has 0 aliphatic carbocycles. The van der Waals surface area contributed by atoms with E-state index in [1.165, 1.54) is 0 Å². The van der Waals surface area contributed by atoms with Crippen molar-refractivity contribution in [1.29, 1.82) is 0 Å². The van der Waals surface area contributed by atoms with Gasteiger partial charge in [-0.1, -0.05) is 17.3 Å². The molecule has 0 fully saturated rings. The molecule has 1 N–H and O–H groups in total. The first-order valence-corrected chi connectivity index (χ1v) is 7.47. The van der Waals surface area contributed by atoms with Crippen molar-refractivity contribution < 1.29 is 14.1 Å². The van der Waals surface area contributed by atoms with Crippen molar-refractivity contribution in [2.75, 3.05) is 7.11 Å². The number of rotatable bonds is 5. The molecular formula is C18H17N3O3. The number of carbonyl (C=O) groups is 1. The lowest BCUT2D eigenvalue weighted by atomic mass is 10.1. The van der Waals surface area contributed by atoms with Crippen LogP contribution in [0.25, 0.3) is 11.5 Å². The molecule has 0 aliphatic heterocycles. The van der Waals surface area contributed by atoms with Crippen molar-refractivity contribution in [2.45, 2.75) is 13.5 Å². The van der Waals surface area contributed by atoms with E-state index in [1.807, 2.05) is 24.3 Å². The van der Waals surface area contributed by atoms with E-state index in [0.29, 0.717) is 23.8 Å². The van der Waals surface area contributed by atoms with Gasteiger partial charge in [-0.25, -0.2) is 0 Å². The van der Waals surface area contributed by atoms with Crippen molar-refractivity contribution in [3.63, 3.8) is 0 Å². The third-order valence-corrected chi connectivity index (χ3v) is 3.53. The Morgan fingerprint density at radius 1 is 1.12 bits per heavy atom. The van der Waals surface area contributed by atoms with E-state index in [-0.39, 0.29) is 5.91 Å². The van der Waals surface area contributed by atoms with Gasteiger partial charge in [0.15, 0.2) is 5.82 Å². The summed E-state index contributed by atoms with van der Waals surface area (Å²) in [6, 6.07) is 14.6. The summed E-state index contributed by atoms with van der Waals surface area (Å²) >= 11 is 0. The highest BCUT2D eigenvalue weighted by molar-refractivity contribution is 5.94. The molecule has 0 saturated heterocycles. The lowest BCUT2D eigenvalue weighted by molar-refractivity contribution is 0.0951. The summed E-state index contributed by atoms with van der Waals surface area (Å²) < 4.78 is 10.2. The van der Waals surface area contributed by atoms with Crippen LogP contribution < -0.4 is 10.1 Å². The fraction of sp³-hybridized carbons (Fsp3) is 0.167. The van der Waals surface area contributed by atoms with E-state index in [0.717, 1.165) is 16.9 Å². The molecule has 1 heterocycles. The van der Waals surface area contributed by atoms with Crippen molar-refractivity contribution in [3.05, 3.63) is 65.5 Å². The summed E-state index contributed by atoms with van der Waals surface area (Å²) in [5.74, 6) is 1.67. The monoisotopic (exact) mass is 323 g/mol. The van der Waals surface area contributed by atoms with E-state index in [1.54, 1.807) is 38.3 Å². The predicted octanol–water partition coefficient (Wildman–Crippen LogP) is 2.98. The standard InChI is InChI=1S/C18H17N3O3/c1-12-20-18(24-21-12)15-7-5-14(6-8-15)17(22)19-11-13-3-9-16(23-2)10-4-13/h3-10H,11H2,1-2H3,(H,19,22). The lowest BCUT2D eigenvalue weighted by Crippen LogP contribution is -2.22. The van der Waals surface area contributed by atoms with Gasteiger partial charge in [-0.15, -0.1) is 0 Å². The molecule has 6 nitrogen and oxygen atoms in total. The third-order valence-electron chi connectivity index (χ3n) is 3.53. The van der Waals surface area contributed by atoms with Crippen LogP contribution in [0.1, 0.15) is 21.7 Å². The van der Waals surface area contributed by atoms with Gasteiger partial charge in [0.1, 0.15) is 5.75 Å². The number of benzene rings is 2. The van der Waals surface area contributed by atoms with Crippen LogP contribution in [0.2, 0.25) is 0 Å². The SMILES string of the molecule is COc1ccc(CNC(=O)c2ccc(-c3nc(C)no3)cc2)cc1. The zero-order valence-corrected chi connectivity index (χ0v) is 13.4. The Labute approximate surface area is 139 Å². The maximum Gasteiger partial charge on any atom is 0.257 e. The number of ether oxygens (including phenoxy) is 1. The fourth-order valence-corrected chi connectivity index (χ4v) is 2.21. The van der Waals surface area contributed by atoms with E-state index >= 15 is 0 Å². The smallest absolute Gasteiger partial charge is 0.257 e. The van der Waals surface area contributed by atoms with Crippen LogP contribution in [0, 0.1) is 6.92 Å². The molecule has 0 atom stereocenters. The Balaban J connectivity index is 1.62. The van der Waals surface area contributed by atoms with Gasteiger partial charge in [-0.05, 0) is 48.9 Å². The second kappa shape index (κ2) is 6.95. The van der Waals surface area contributed by atoms with Crippen LogP contribution in [-0.2, 0) is 6.54 Å². The Morgan fingerprint density at radius 2 is 1.83 bits per heavy atom. The van der Waals surface area contributed by atoms with Gasteiger partial charge >= 0.3 is 0 Å². The van der Waals surface area contributed by atoms with Gasteiger partial charge < -0.3 is 14.6 Å². The van der Waals surface area contributed by atoms with Crippen LogP contribution in [-0.4, -0.2) is 23.2 Å². The minimum atomic E-state index is -0.140. The number of aromatic nitrogens is 2. The number of nitrogens with one attached hydrogen (secondary N) is 1. The van der Waals surface area contributed by atoms with Crippen LogP contribution in [0.4, 0.5) is 0 Å². The molecule has 6 heteroatoms. The first-order chi connectivity index (χ1) is 11.7.